The van der Waals surface area contributed by atoms with E-state index >= 15 is 0 Å². The van der Waals surface area contributed by atoms with Crippen molar-refractivity contribution in [3.05, 3.63) is 23.8 Å². The van der Waals surface area contributed by atoms with Gasteiger partial charge in [0.15, 0.2) is 11.4 Å². The van der Waals surface area contributed by atoms with Crippen molar-refractivity contribution < 1.29 is 9.53 Å². The Hall–Kier alpha value is -0.890. The molecule has 1 aliphatic rings. The fraction of sp³-hybridized carbons (Fsp3) is 0.615. The summed E-state index contributed by atoms with van der Waals surface area (Å²) in [4.78, 5) is 12.1. The molecule has 84 valence electrons. The van der Waals surface area contributed by atoms with Crippen LogP contribution in [0.25, 0.3) is 0 Å². The molecule has 0 heterocycles. The van der Waals surface area contributed by atoms with Crippen molar-refractivity contribution in [1.29, 1.82) is 0 Å². The maximum absolute atomic E-state index is 12.1. The normalized spacial score (nSPS) is 24.7. The van der Waals surface area contributed by atoms with Gasteiger partial charge in [0.05, 0.1) is 0 Å². The van der Waals surface area contributed by atoms with Gasteiger partial charge in [0, 0.05) is 13.5 Å². The van der Waals surface area contributed by atoms with E-state index in [1.165, 1.54) is 0 Å². The van der Waals surface area contributed by atoms with Crippen LogP contribution >= 0.6 is 0 Å². The van der Waals surface area contributed by atoms with Gasteiger partial charge in [-0.2, -0.15) is 0 Å². The fourth-order valence-corrected chi connectivity index (χ4v) is 1.84. The first kappa shape index (κ1) is 12.2. The predicted octanol–water partition coefficient (Wildman–Crippen LogP) is 2.89. The number of carbonyl (C=O) groups is 1. The van der Waals surface area contributed by atoms with Gasteiger partial charge in [-0.1, -0.05) is 26.0 Å². The van der Waals surface area contributed by atoms with Crippen molar-refractivity contribution in [2.75, 3.05) is 7.11 Å². The summed E-state index contributed by atoms with van der Waals surface area (Å²) in [5, 5.41) is 0. The number of Topliss-reactive ketones (excluding diaryl/α,β-unsaturated/α-hetero) is 1. The summed E-state index contributed by atoms with van der Waals surface area (Å²) in [6.07, 6.45) is 7.19. The van der Waals surface area contributed by atoms with E-state index < -0.39 is 5.60 Å². The molecule has 2 nitrogen and oxygen atoms in total. The van der Waals surface area contributed by atoms with Crippen LogP contribution in [0.3, 0.4) is 0 Å². The molecular weight excluding hydrogens is 188 g/mol. The summed E-state index contributed by atoms with van der Waals surface area (Å²) >= 11 is 0. The first-order chi connectivity index (χ1) is 7.03. The van der Waals surface area contributed by atoms with Gasteiger partial charge < -0.3 is 4.74 Å². The molecular formula is C13H20O2. The minimum absolute atomic E-state index is 0.168. The van der Waals surface area contributed by atoms with Crippen LogP contribution in [0.2, 0.25) is 0 Å². The van der Waals surface area contributed by atoms with Gasteiger partial charge in [0.2, 0.25) is 0 Å². The minimum atomic E-state index is -0.769. The van der Waals surface area contributed by atoms with Crippen molar-refractivity contribution in [2.24, 2.45) is 5.92 Å². The molecule has 15 heavy (non-hydrogen) atoms. The standard InChI is InChI=1S/C13H20O2/c1-10(2)7-8-12(14)13(15-4)9-5-6-11(13)3/h5-6,9-10H,7-8H2,1-4H3. The van der Waals surface area contributed by atoms with Crippen LogP contribution in [-0.2, 0) is 9.53 Å². The first-order valence-electron chi connectivity index (χ1n) is 5.48. The molecule has 0 amide bonds. The van der Waals surface area contributed by atoms with E-state index in [0.29, 0.717) is 12.3 Å². The van der Waals surface area contributed by atoms with Crippen LogP contribution < -0.4 is 0 Å². The van der Waals surface area contributed by atoms with Crippen molar-refractivity contribution in [2.45, 2.75) is 39.2 Å². The molecule has 0 aromatic rings. The lowest BCUT2D eigenvalue weighted by Crippen LogP contribution is -2.38. The molecule has 0 aliphatic heterocycles. The van der Waals surface area contributed by atoms with Gasteiger partial charge in [-0.15, -0.1) is 0 Å². The van der Waals surface area contributed by atoms with E-state index in [9.17, 15) is 4.79 Å². The lowest BCUT2D eigenvalue weighted by atomic mass is 9.89. The number of methoxy groups -OCH3 is 1. The maximum Gasteiger partial charge on any atom is 0.172 e. The molecule has 0 radical (unpaired) electrons. The molecule has 0 saturated heterocycles. The summed E-state index contributed by atoms with van der Waals surface area (Å²) in [6.45, 7) is 6.19. The molecule has 0 saturated carbocycles. The maximum atomic E-state index is 12.1. The van der Waals surface area contributed by atoms with Crippen LogP contribution in [-0.4, -0.2) is 18.5 Å². The number of rotatable bonds is 5. The minimum Gasteiger partial charge on any atom is -0.362 e. The number of hydrogen-bond donors (Lipinski definition) is 0. The molecule has 1 aliphatic carbocycles. The Bertz CT molecular complexity index is 300. The third-order valence-electron chi connectivity index (χ3n) is 2.95. The van der Waals surface area contributed by atoms with E-state index in [4.69, 9.17) is 4.74 Å². The van der Waals surface area contributed by atoms with Crippen molar-refractivity contribution in [1.82, 2.24) is 0 Å². The average molecular weight is 208 g/mol. The van der Waals surface area contributed by atoms with Crippen molar-refractivity contribution >= 4 is 5.78 Å². The number of hydrogen-bond acceptors (Lipinski definition) is 2. The fourth-order valence-electron chi connectivity index (χ4n) is 1.84. The number of ketones is 1. The van der Waals surface area contributed by atoms with Gasteiger partial charge in [-0.3, -0.25) is 4.79 Å². The van der Waals surface area contributed by atoms with Crippen LogP contribution in [0.15, 0.2) is 23.8 Å². The quantitative estimate of drug-likeness (QED) is 0.694. The summed E-state index contributed by atoms with van der Waals surface area (Å²) in [7, 11) is 1.60. The van der Waals surface area contributed by atoms with Crippen molar-refractivity contribution in [3.8, 4) is 0 Å². The zero-order chi connectivity index (χ0) is 11.5. The van der Waals surface area contributed by atoms with E-state index in [0.717, 1.165) is 12.0 Å². The molecule has 0 aromatic heterocycles. The van der Waals surface area contributed by atoms with Gasteiger partial charge in [-0.05, 0) is 30.9 Å². The van der Waals surface area contributed by atoms with Crippen molar-refractivity contribution in [3.63, 3.8) is 0 Å². The zero-order valence-electron chi connectivity index (χ0n) is 10.0. The number of allylic oxidation sites excluding steroid dienone is 2. The SMILES string of the molecule is COC1(C(=O)CCC(C)C)C=CC=C1C. The highest BCUT2D eigenvalue weighted by Crippen LogP contribution is 2.30. The molecule has 0 N–H and O–H groups in total. The Labute approximate surface area is 92.0 Å². The van der Waals surface area contributed by atoms with Gasteiger partial charge >= 0.3 is 0 Å². The van der Waals surface area contributed by atoms with E-state index in [1.807, 2.05) is 25.2 Å². The monoisotopic (exact) mass is 208 g/mol. The zero-order valence-corrected chi connectivity index (χ0v) is 10.0. The summed E-state index contributed by atoms with van der Waals surface area (Å²) in [6, 6.07) is 0. The van der Waals surface area contributed by atoms with Gasteiger partial charge in [0.1, 0.15) is 0 Å². The Morgan fingerprint density at radius 3 is 2.60 bits per heavy atom. The second-order valence-electron chi connectivity index (χ2n) is 4.50. The van der Waals surface area contributed by atoms with Crippen LogP contribution in [0, 0.1) is 5.92 Å². The second-order valence-corrected chi connectivity index (χ2v) is 4.50. The first-order valence-corrected chi connectivity index (χ1v) is 5.48. The van der Waals surface area contributed by atoms with E-state index in [1.54, 1.807) is 7.11 Å². The summed E-state index contributed by atoms with van der Waals surface area (Å²) in [5.41, 5.74) is 0.216. The van der Waals surface area contributed by atoms with E-state index in [2.05, 4.69) is 13.8 Å². The molecule has 1 rings (SSSR count). The molecule has 0 aromatic carbocycles. The molecule has 0 fully saturated rings. The highest BCUT2D eigenvalue weighted by Gasteiger charge is 2.38. The number of ether oxygens (including phenoxy) is 1. The Morgan fingerprint density at radius 2 is 2.20 bits per heavy atom. The Kier molecular flexibility index (Phi) is 3.86. The highest BCUT2D eigenvalue weighted by atomic mass is 16.5. The molecule has 2 heteroatoms. The smallest absolute Gasteiger partial charge is 0.172 e. The third-order valence-corrected chi connectivity index (χ3v) is 2.95. The lowest BCUT2D eigenvalue weighted by Gasteiger charge is -2.26. The topological polar surface area (TPSA) is 26.3 Å². The van der Waals surface area contributed by atoms with Crippen LogP contribution in [0.4, 0.5) is 0 Å². The Balaban J connectivity index is 2.71. The van der Waals surface area contributed by atoms with E-state index in [-0.39, 0.29) is 5.78 Å². The largest absolute Gasteiger partial charge is 0.362 e. The molecule has 0 spiro atoms. The summed E-state index contributed by atoms with van der Waals surface area (Å²) in [5.74, 6) is 0.721. The van der Waals surface area contributed by atoms with Gasteiger partial charge in [-0.25, -0.2) is 0 Å². The summed E-state index contributed by atoms with van der Waals surface area (Å²) < 4.78 is 5.40. The average Bonchev–Trinajstić information content (AvgIpc) is 2.57. The Morgan fingerprint density at radius 1 is 1.53 bits per heavy atom. The highest BCUT2D eigenvalue weighted by molar-refractivity contribution is 5.93. The second kappa shape index (κ2) is 4.75. The third kappa shape index (κ3) is 2.37. The van der Waals surface area contributed by atoms with Crippen LogP contribution in [0.1, 0.15) is 33.6 Å². The lowest BCUT2D eigenvalue weighted by molar-refractivity contribution is -0.132. The predicted molar refractivity (Wildman–Crippen MR) is 61.7 cm³/mol. The van der Waals surface area contributed by atoms with Gasteiger partial charge in [0.25, 0.3) is 0 Å². The molecule has 1 atom stereocenters. The number of carbonyl (C=O) groups excluding carboxylic acids is 1. The van der Waals surface area contributed by atoms with Crippen LogP contribution in [0.5, 0.6) is 0 Å². The molecule has 0 bridgehead atoms. The molecule has 1 unspecified atom stereocenters.